The molecule has 1 aliphatic carbocycles. The van der Waals surface area contributed by atoms with Gasteiger partial charge in [0.2, 0.25) is 0 Å². The molecule has 0 N–H and O–H groups in total. The van der Waals surface area contributed by atoms with Gasteiger partial charge >= 0.3 is 0 Å². The Hall–Kier alpha value is -4.30. The van der Waals surface area contributed by atoms with Gasteiger partial charge in [0, 0.05) is 21.2 Å². The van der Waals surface area contributed by atoms with Crippen LogP contribution in [-0.4, -0.2) is 18.8 Å². The third-order valence-electron chi connectivity index (χ3n) is 8.19. The molecule has 0 saturated heterocycles. The monoisotopic (exact) mass is 654 g/mol. The predicted octanol–water partition coefficient (Wildman–Crippen LogP) is 7.22. The van der Waals surface area contributed by atoms with Crippen LogP contribution >= 0.6 is 34.5 Å². The summed E-state index contributed by atoms with van der Waals surface area (Å²) in [6.07, 6.45) is 3.62. The lowest BCUT2D eigenvalue weighted by Gasteiger charge is -2.30. The molecule has 1 atom stereocenters. The van der Waals surface area contributed by atoms with Crippen molar-refractivity contribution < 1.29 is 14.2 Å². The Kier molecular flexibility index (Phi) is 8.00. The maximum absolute atomic E-state index is 14.1. The summed E-state index contributed by atoms with van der Waals surface area (Å²) in [7, 11) is 3.24. The lowest BCUT2D eigenvalue weighted by molar-refractivity contribution is 0.284. The molecule has 9 heteroatoms. The largest absolute Gasteiger partial charge is 0.497 e. The van der Waals surface area contributed by atoms with Crippen molar-refractivity contribution in [2.24, 2.45) is 4.99 Å². The molecular formula is C36H28Cl2N2O4S. The van der Waals surface area contributed by atoms with Gasteiger partial charge in [0.25, 0.3) is 5.56 Å². The number of halogens is 2. The van der Waals surface area contributed by atoms with E-state index >= 15 is 0 Å². The van der Waals surface area contributed by atoms with E-state index in [0.717, 1.165) is 52.1 Å². The average Bonchev–Trinajstić information content (AvgIpc) is 3.37. The van der Waals surface area contributed by atoms with Crippen molar-refractivity contribution >= 4 is 46.3 Å². The fourth-order valence-corrected chi connectivity index (χ4v) is 7.41. The van der Waals surface area contributed by atoms with Crippen LogP contribution in [0.2, 0.25) is 10.0 Å². The Bertz CT molecular complexity index is 2150. The van der Waals surface area contributed by atoms with E-state index in [1.165, 1.54) is 16.9 Å². The number of ether oxygens (including phenoxy) is 3. The molecule has 1 aromatic heterocycles. The molecule has 5 aromatic rings. The maximum atomic E-state index is 14.1. The molecule has 226 valence electrons. The van der Waals surface area contributed by atoms with E-state index in [9.17, 15) is 4.79 Å². The minimum absolute atomic E-state index is 0.0818. The number of methoxy groups -OCH3 is 2. The van der Waals surface area contributed by atoms with Gasteiger partial charge in [-0.05, 0) is 77.6 Å². The summed E-state index contributed by atoms with van der Waals surface area (Å²) in [5.74, 6) is 1.88. The number of nitrogens with zero attached hydrogens (tertiary/aromatic N) is 2. The Labute approximate surface area is 274 Å². The summed E-state index contributed by atoms with van der Waals surface area (Å²) in [5, 5.41) is 1.10. The summed E-state index contributed by atoms with van der Waals surface area (Å²) in [4.78, 5) is 19.9. The van der Waals surface area contributed by atoms with Crippen LogP contribution < -0.4 is 29.1 Å². The number of hydrogen-bond acceptors (Lipinski definition) is 6. The molecular weight excluding hydrogens is 627 g/mol. The number of allylic oxidation sites excluding steroid dienone is 1. The summed E-state index contributed by atoms with van der Waals surface area (Å²) in [6.45, 7) is 0.253. The Morgan fingerprint density at radius 3 is 2.53 bits per heavy atom. The van der Waals surface area contributed by atoms with Crippen molar-refractivity contribution in [1.82, 2.24) is 4.57 Å². The smallest absolute Gasteiger partial charge is 0.271 e. The van der Waals surface area contributed by atoms with Crippen molar-refractivity contribution in [2.75, 3.05) is 14.2 Å². The van der Waals surface area contributed by atoms with Crippen LogP contribution in [0.5, 0.6) is 17.2 Å². The highest BCUT2D eigenvalue weighted by Gasteiger charge is 2.32. The minimum Gasteiger partial charge on any atom is -0.497 e. The molecule has 7 rings (SSSR count). The van der Waals surface area contributed by atoms with Gasteiger partial charge in [-0.1, -0.05) is 83.1 Å². The van der Waals surface area contributed by atoms with Crippen LogP contribution in [-0.2, 0) is 13.0 Å². The normalized spacial score (nSPS) is 15.6. The van der Waals surface area contributed by atoms with Crippen molar-refractivity contribution in [3.63, 3.8) is 0 Å². The summed E-state index contributed by atoms with van der Waals surface area (Å²) >= 11 is 13.7. The van der Waals surface area contributed by atoms with Gasteiger partial charge in [-0.3, -0.25) is 9.36 Å². The van der Waals surface area contributed by atoms with Gasteiger partial charge < -0.3 is 14.2 Å². The molecule has 2 aliphatic rings. The summed E-state index contributed by atoms with van der Waals surface area (Å²) < 4.78 is 19.5. The van der Waals surface area contributed by atoms with Gasteiger partial charge in [-0.15, -0.1) is 0 Å². The first-order valence-corrected chi connectivity index (χ1v) is 16.0. The Morgan fingerprint density at radius 1 is 0.933 bits per heavy atom. The predicted molar refractivity (Wildman–Crippen MR) is 180 cm³/mol. The van der Waals surface area contributed by atoms with Gasteiger partial charge in [0.05, 0.1) is 30.5 Å². The van der Waals surface area contributed by atoms with E-state index in [4.69, 9.17) is 42.4 Å². The highest BCUT2D eigenvalue weighted by molar-refractivity contribution is 7.07. The number of hydrogen-bond donors (Lipinski definition) is 0. The van der Waals surface area contributed by atoms with Crippen LogP contribution in [0.4, 0.5) is 0 Å². The summed E-state index contributed by atoms with van der Waals surface area (Å²) in [5.41, 5.74) is 7.09. The molecule has 1 aliphatic heterocycles. The zero-order valence-corrected chi connectivity index (χ0v) is 26.9. The molecule has 0 unspecified atom stereocenters. The quantitative estimate of drug-likeness (QED) is 0.186. The van der Waals surface area contributed by atoms with Crippen LogP contribution in [0.3, 0.4) is 0 Å². The molecule has 0 saturated carbocycles. The molecule has 6 nitrogen and oxygen atoms in total. The first-order valence-electron chi connectivity index (χ1n) is 14.5. The second-order valence-corrected chi connectivity index (χ2v) is 12.7. The molecule has 2 heterocycles. The number of fused-ring (bicyclic) bond motifs is 3. The van der Waals surface area contributed by atoms with E-state index in [1.54, 1.807) is 26.4 Å². The van der Waals surface area contributed by atoms with Crippen LogP contribution in [0.15, 0.2) is 100 Å². The van der Waals surface area contributed by atoms with E-state index in [-0.39, 0.29) is 18.2 Å². The highest BCUT2D eigenvalue weighted by Crippen LogP contribution is 2.41. The second kappa shape index (κ2) is 12.2. The van der Waals surface area contributed by atoms with Gasteiger partial charge in [-0.2, -0.15) is 0 Å². The fraction of sp³-hybridized carbons (Fsp3) is 0.167. The first-order chi connectivity index (χ1) is 21.9. The lowest BCUT2D eigenvalue weighted by atomic mass is 9.83. The highest BCUT2D eigenvalue weighted by atomic mass is 35.5. The second-order valence-electron chi connectivity index (χ2n) is 10.8. The van der Waals surface area contributed by atoms with Crippen molar-refractivity contribution in [3.05, 3.63) is 148 Å². The van der Waals surface area contributed by atoms with Crippen LogP contribution in [0.1, 0.15) is 40.3 Å². The first kappa shape index (κ1) is 29.4. The van der Waals surface area contributed by atoms with Gasteiger partial charge in [0.15, 0.2) is 16.3 Å². The zero-order chi connectivity index (χ0) is 31.1. The van der Waals surface area contributed by atoms with Gasteiger partial charge in [0.1, 0.15) is 12.4 Å². The molecule has 45 heavy (non-hydrogen) atoms. The lowest BCUT2D eigenvalue weighted by Crippen LogP contribution is -2.38. The number of aryl methyl sites for hydroxylation is 1. The SMILES string of the molecule is COc1ccc([C@@H]2C3=C(N=c4s/c(=C\c5ccc(OCc6ccc(Cl)cc6Cl)c(OC)c5)c(=O)n42)c2ccccc2CC3)cc1. The summed E-state index contributed by atoms with van der Waals surface area (Å²) in [6, 6.07) is 27.0. The average molecular weight is 656 g/mol. The Balaban J connectivity index is 1.29. The van der Waals surface area contributed by atoms with E-state index in [1.807, 2.05) is 65.2 Å². The third-order valence-corrected chi connectivity index (χ3v) is 9.76. The fourth-order valence-electron chi connectivity index (χ4n) is 5.95. The van der Waals surface area contributed by atoms with Crippen LogP contribution in [0.25, 0.3) is 11.8 Å². The molecule has 0 spiro atoms. The number of aromatic nitrogens is 1. The van der Waals surface area contributed by atoms with E-state index < -0.39 is 0 Å². The number of rotatable bonds is 7. The zero-order valence-electron chi connectivity index (χ0n) is 24.6. The van der Waals surface area contributed by atoms with Gasteiger partial charge in [-0.25, -0.2) is 4.99 Å². The Morgan fingerprint density at radius 2 is 1.76 bits per heavy atom. The van der Waals surface area contributed by atoms with E-state index in [0.29, 0.717) is 30.9 Å². The number of thiazole rings is 1. The van der Waals surface area contributed by atoms with Crippen LogP contribution in [0, 0.1) is 0 Å². The molecule has 4 aromatic carbocycles. The molecule has 0 amide bonds. The minimum atomic E-state index is -0.261. The maximum Gasteiger partial charge on any atom is 0.271 e. The molecule has 0 radical (unpaired) electrons. The third kappa shape index (κ3) is 5.56. The van der Waals surface area contributed by atoms with E-state index in [2.05, 4.69) is 18.2 Å². The van der Waals surface area contributed by atoms with Crippen molar-refractivity contribution in [3.8, 4) is 17.2 Å². The topological polar surface area (TPSA) is 62.0 Å². The number of benzene rings is 4. The molecule has 0 bridgehead atoms. The molecule has 0 fully saturated rings. The standard InChI is InChI=1S/C36H28Cl2N2O4S/c1-42-26-13-9-23(10-14-26)34-28-15-11-22-5-3-4-6-27(22)33(28)39-36-40(34)35(41)32(45-36)18-21-7-16-30(31(17-21)43-2)44-20-24-8-12-25(37)19-29(24)38/h3-10,12-14,16-19,34H,11,15,20H2,1-2H3/b32-18-/t34-/m1/s1. The van der Waals surface area contributed by atoms with Crippen molar-refractivity contribution in [1.29, 1.82) is 0 Å². The van der Waals surface area contributed by atoms with Crippen molar-refractivity contribution in [2.45, 2.75) is 25.5 Å².